The number of imidazole rings is 1. The van der Waals surface area contributed by atoms with Crippen molar-refractivity contribution in [3.05, 3.63) is 59.0 Å². The van der Waals surface area contributed by atoms with Gasteiger partial charge in [0.05, 0.1) is 17.6 Å². The number of fused-ring (bicyclic) bond motifs is 2. The molecule has 0 aliphatic heterocycles. The average molecular weight is 321 g/mol. The van der Waals surface area contributed by atoms with Crippen LogP contribution in [0.1, 0.15) is 0 Å². The number of aromatic amines is 1. The van der Waals surface area contributed by atoms with E-state index in [9.17, 15) is 4.79 Å². The fraction of sp³-hybridized carbons (Fsp3) is 0.111. The Morgan fingerprint density at radius 1 is 1.17 bits per heavy atom. The normalized spacial score (nSPS) is 11.2. The molecule has 4 rings (SSSR count). The maximum atomic E-state index is 12.3. The molecule has 0 atom stereocenters. The molecule has 4 aromatic rings. The molecule has 0 aliphatic carbocycles. The standard InChI is InChI=1S/C18H15N3O3/c22-8-7-19-12-6-5-11-9-13(18(23)24-16(11)10-12)17-20-14-3-1-2-4-15(14)21-17/h1-6,9-10,19,22H,7-8H2,(H,20,21). The van der Waals surface area contributed by atoms with Gasteiger partial charge in [-0.3, -0.25) is 0 Å². The summed E-state index contributed by atoms with van der Waals surface area (Å²) >= 11 is 0. The number of aromatic nitrogens is 2. The van der Waals surface area contributed by atoms with Crippen LogP contribution in [0.4, 0.5) is 5.69 Å². The van der Waals surface area contributed by atoms with Gasteiger partial charge in [-0.25, -0.2) is 9.78 Å². The lowest BCUT2D eigenvalue weighted by molar-refractivity contribution is 0.311. The second kappa shape index (κ2) is 5.82. The Labute approximate surface area is 136 Å². The van der Waals surface area contributed by atoms with Crippen LogP contribution in [0, 0.1) is 0 Å². The van der Waals surface area contributed by atoms with Gasteiger partial charge in [-0.05, 0) is 30.3 Å². The zero-order chi connectivity index (χ0) is 16.5. The number of para-hydroxylation sites is 2. The van der Waals surface area contributed by atoms with Crippen LogP contribution in [0.5, 0.6) is 0 Å². The zero-order valence-electron chi connectivity index (χ0n) is 12.7. The van der Waals surface area contributed by atoms with Crippen LogP contribution < -0.4 is 10.9 Å². The summed E-state index contributed by atoms with van der Waals surface area (Å²) in [7, 11) is 0. The molecule has 24 heavy (non-hydrogen) atoms. The van der Waals surface area contributed by atoms with Gasteiger partial charge in [0.1, 0.15) is 17.0 Å². The number of aliphatic hydroxyl groups excluding tert-OH is 1. The van der Waals surface area contributed by atoms with Crippen molar-refractivity contribution in [3.8, 4) is 11.4 Å². The Morgan fingerprint density at radius 3 is 2.88 bits per heavy atom. The lowest BCUT2D eigenvalue weighted by Crippen LogP contribution is -2.06. The van der Waals surface area contributed by atoms with E-state index in [0.29, 0.717) is 23.5 Å². The second-order valence-corrected chi connectivity index (χ2v) is 5.45. The van der Waals surface area contributed by atoms with Gasteiger partial charge >= 0.3 is 5.63 Å². The van der Waals surface area contributed by atoms with Crippen LogP contribution in [0.25, 0.3) is 33.4 Å². The number of anilines is 1. The summed E-state index contributed by atoms with van der Waals surface area (Å²) in [6, 6.07) is 14.9. The van der Waals surface area contributed by atoms with Crippen LogP contribution >= 0.6 is 0 Å². The van der Waals surface area contributed by atoms with Crippen molar-refractivity contribution >= 4 is 27.7 Å². The number of hydrogen-bond donors (Lipinski definition) is 3. The Hall–Kier alpha value is -3.12. The first-order valence-corrected chi connectivity index (χ1v) is 7.62. The SMILES string of the molecule is O=c1oc2cc(NCCO)ccc2cc1-c1nc2ccccc2[nH]1. The van der Waals surface area contributed by atoms with Crippen LogP contribution in [-0.4, -0.2) is 28.2 Å². The Bertz CT molecular complexity index is 1050. The predicted octanol–water partition coefficient (Wildman–Crippen LogP) is 2.74. The molecule has 0 saturated heterocycles. The fourth-order valence-electron chi connectivity index (χ4n) is 2.67. The minimum Gasteiger partial charge on any atom is -0.422 e. The largest absolute Gasteiger partial charge is 0.422 e. The predicted molar refractivity (Wildman–Crippen MR) is 93.1 cm³/mol. The van der Waals surface area contributed by atoms with Gasteiger partial charge in [0.25, 0.3) is 0 Å². The van der Waals surface area contributed by atoms with E-state index in [2.05, 4.69) is 15.3 Å². The number of rotatable bonds is 4. The van der Waals surface area contributed by atoms with Crippen molar-refractivity contribution in [3.63, 3.8) is 0 Å². The number of H-pyrrole nitrogens is 1. The van der Waals surface area contributed by atoms with Crippen molar-refractivity contribution in [2.75, 3.05) is 18.5 Å². The van der Waals surface area contributed by atoms with E-state index in [1.54, 1.807) is 12.1 Å². The van der Waals surface area contributed by atoms with Crippen molar-refractivity contribution in [1.82, 2.24) is 9.97 Å². The average Bonchev–Trinajstić information content (AvgIpc) is 3.03. The molecular formula is C18H15N3O3. The fourth-order valence-corrected chi connectivity index (χ4v) is 2.67. The molecule has 0 saturated carbocycles. The van der Waals surface area contributed by atoms with E-state index in [1.807, 2.05) is 36.4 Å². The van der Waals surface area contributed by atoms with Gasteiger partial charge in [-0.2, -0.15) is 0 Å². The summed E-state index contributed by atoms with van der Waals surface area (Å²) in [5.41, 5.74) is 2.90. The van der Waals surface area contributed by atoms with Gasteiger partial charge in [0.2, 0.25) is 0 Å². The molecule has 0 aliphatic rings. The highest BCUT2D eigenvalue weighted by atomic mass is 16.4. The summed E-state index contributed by atoms with van der Waals surface area (Å²) in [6.07, 6.45) is 0. The molecule has 0 spiro atoms. The molecule has 0 bridgehead atoms. The number of hydrogen-bond acceptors (Lipinski definition) is 5. The molecule has 0 fully saturated rings. The number of nitrogens with zero attached hydrogens (tertiary/aromatic N) is 1. The number of benzene rings is 2. The van der Waals surface area contributed by atoms with E-state index in [0.717, 1.165) is 22.1 Å². The first kappa shape index (κ1) is 14.5. The van der Waals surface area contributed by atoms with Crippen molar-refractivity contribution < 1.29 is 9.52 Å². The molecule has 6 nitrogen and oxygen atoms in total. The maximum Gasteiger partial charge on any atom is 0.347 e. The maximum absolute atomic E-state index is 12.3. The molecule has 2 heterocycles. The summed E-state index contributed by atoms with van der Waals surface area (Å²) in [5.74, 6) is 0.495. The monoisotopic (exact) mass is 321 g/mol. The lowest BCUT2D eigenvalue weighted by Gasteiger charge is -2.05. The molecule has 120 valence electrons. The van der Waals surface area contributed by atoms with Crippen LogP contribution in [0.15, 0.2) is 57.7 Å². The van der Waals surface area contributed by atoms with Crippen LogP contribution in [-0.2, 0) is 0 Å². The third-order valence-corrected chi connectivity index (χ3v) is 3.82. The van der Waals surface area contributed by atoms with E-state index in [4.69, 9.17) is 9.52 Å². The van der Waals surface area contributed by atoms with E-state index < -0.39 is 5.63 Å². The van der Waals surface area contributed by atoms with Crippen LogP contribution in [0.2, 0.25) is 0 Å². The van der Waals surface area contributed by atoms with Crippen molar-refractivity contribution in [2.45, 2.75) is 0 Å². The topological polar surface area (TPSA) is 91.2 Å². The third kappa shape index (κ3) is 2.53. The molecule has 6 heteroatoms. The summed E-state index contributed by atoms with van der Waals surface area (Å²) < 4.78 is 5.45. The van der Waals surface area contributed by atoms with Crippen molar-refractivity contribution in [2.24, 2.45) is 0 Å². The molecule has 0 amide bonds. The zero-order valence-corrected chi connectivity index (χ0v) is 12.7. The first-order valence-electron chi connectivity index (χ1n) is 7.62. The first-order chi connectivity index (χ1) is 11.7. The minimum absolute atomic E-state index is 0.0347. The molecule has 2 aromatic carbocycles. The molecule has 3 N–H and O–H groups in total. The smallest absolute Gasteiger partial charge is 0.347 e. The van der Waals surface area contributed by atoms with Gasteiger partial charge < -0.3 is 19.8 Å². The van der Waals surface area contributed by atoms with Gasteiger partial charge in [0.15, 0.2) is 0 Å². The van der Waals surface area contributed by atoms with Gasteiger partial charge in [-0.15, -0.1) is 0 Å². The summed E-state index contributed by atoms with van der Waals surface area (Å²) in [5, 5.41) is 12.7. The van der Waals surface area contributed by atoms with E-state index in [-0.39, 0.29) is 6.61 Å². The quantitative estimate of drug-likeness (QED) is 0.503. The summed E-state index contributed by atoms with van der Waals surface area (Å²) in [6.45, 7) is 0.472. The molecular weight excluding hydrogens is 306 g/mol. The van der Waals surface area contributed by atoms with Crippen LogP contribution in [0.3, 0.4) is 0 Å². The van der Waals surface area contributed by atoms with Gasteiger partial charge in [0, 0.05) is 23.7 Å². The number of nitrogens with one attached hydrogen (secondary N) is 2. The highest BCUT2D eigenvalue weighted by molar-refractivity contribution is 5.85. The number of aliphatic hydroxyl groups is 1. The molecule has 2 aromatic heterocycles. The molecule has 0 unspecified atom stereocenters. The third-order valence-electron chi connectivity index (χ3n) is 3.82. The highest BCUT2D eigenvalue weighted by Gasteiger charge is 2.12. The van der Waals surface area contributed by atoms with E-state index in [1.165, 1.54) is 0 Å². The second-order valence-electron chi connectivity index (χ2n) is 5.45. The Kier molecular flexibility index (Phi) is 3.51. The molecule has 0 radical (unpaired) electrons. The Balaban J connectivity index is 1.81. The van der Waals surface area contributed by atoms with Gasteiger partial charge in [-0.1, -0.05) is 12.1 Å². The summed E-state index contributed by atoms with van der Waals surface area (Å²) in [4.78, 5) is 19.9. The highest BCUT2D eigenvalue weighted by Crippen LogP contribution is 2.23. The lowest BCUT2D eigenvalue weighted by atomic mass is 10.1. The van der Waals surface area contributed by atoms with Crippen molar-refractivity contribution in [1.29, 1.82) is 0 Å². The Morgan fingerprint density at radius 2 is 2.04 bits per heavy atom. The van der Waals surface area contributed by atoms with E-state index >= 15 is 0 Å². The minimum atomic E-state index is -0.444.